The molecule has 0 saturated carbocycles. The molecule has 0 radical (unpaired) electrons. The Morgan fingerprint density at radius 2 is 1.34 bits per heavy atom. The third kappa shape index (κ3) is 2.95. The molecule has 4 aromatic carbocycles. The van der Waals surface area contributed by atoms with Gasteiger partial charge in [-0.3, -0.25) is 9.59 Å². The first kappa shape index (κ1) is 18.7. The molecular formula is C24H21NO4. The van der Waals surface area contributed by atoms with E-state index >= 15 is 0 Å². The summed E-state index contributed by atoms with van der Waals surface area (Å²) < 4.78 is 10.7. The quantitative estimate of drug-likeness (QED) is 0.168. The fourth-order valence-corrected chi connectivity index (χ4v) is 4.10. The number of anilines is 1. The minimum atomic E-state index is -0.518. The second kappa shape index (κ2) is 6.78. The van der Waals surface area contributed by atoms with Crippen molar-refractivity contribution in [3.63, 3.8) is 0 Å². The molecule has 29 heavy (non-hydrogen) atoms. The molecule has 0 amide bonds. The number of aryl methyl sites for hydroxylation is 2. The number of esters is 2. The van der Waals surface area contributed by atoms with Crippen molar-refractivity contribution < 1.29 is 19.1 Å². The summed E-state index contributed by atoms with van der Waals surface area (Å²) in [5.74, 6) is -0.692. The van der Waals surface area contributed by atoms with Crippen LogP contribution < -0.4 is 15.2 Å². The van der Waals surface area contributed by atoms with Crippen molar-refractivity contribution in [2.24, 2.45) is 0 Å². The van der Waals surface area contributed by atoms with Crippen LogP contribution in [0.4, 0.5) is 5.69 Å². The number of ether oxygens (including phenoxy) is 2. The number of nitrogen functional groups attached to an aromatic ring is 1. The molecule has 0 saturated heterocycles. The summed E-state index contributed by atoms with van der Waals surface area (Å²) in [6.07, 6.45) is 0. The summed E-state index contributed by atoms with van der Waals surface area (Å²) in [6, 6.07) is 13.6. The van der Waals surface area contributed by atoms with E-state index in [4.69, 9.17) is 15.2 Å². The lowest BCUT2D eigenvalue weighted by Gasteiger charge is -2.18. The summed E-state index contributed by atoms with van der Waals surface area (Å²) in [7, 11) is 0. The van der Waals surface area contributed by atoms with Gasteiger partial charge in [0.15, 0.2) is 11.5 Å². The summed E-state index contributed by atoms with van der Waals surface area (Å²) >= 11 is 0. The molecule has 4 aromatic rings. The van der Waals surface area contributed by atoms with E-state index < -0.39 is 11.9 Å². The minimum absolute atomic E-state index is 0.132. The van der Waals surface area contributed by atoms with Gasteiger partial charge in [0.1, 0.15) is 0 Å². The highest BCUT2D eigenvalue weighted by Gasteiger charge is 2.20. The largest absolute Gasteiger partial charge is 0.423 e. The maximum absolute atomic E-state index is 11.7. The molecule has 0 aliphatic rings. The van der Waals surface area contributed by atoms with Gasteiger partial charge >= 0.3 is 11.9 Å². The molecule has 146 valence electrons. The molecule has 0 aliphatic carbocycles. The van der Waals surface area contributed by atoms with E-state index in [1.54, 1.807) is 6.07 Å². The summed E-state index contributed by atoms with van der Waals surface area (Å²) in [6.45, 7) is 6.75. The van der Waals surface area contributed by atoms with Crippen LogP contribution in [0.3, 0.4) is 0 Å². The number of carbonyl (C=O) groups is 2. The van der Waals surface area contributed by atoms with Crippen molar-refractivity contribution in [3.8, 4) is 11.5 Å². The predicted molar refractivity (Wildman–Crippen MR) is 115 cm³/mol. The number of nitrogens with two attached hydrogens (primary N) is 1. The Labute approximate surface area is 168 Å². The van der Waals surface area contributed by atoms with Crippen molar-refractivity contribution in [1.29, 1.82) is 0 Å². The third-order valence-corrected chi connectivity index (χ3v) is 5.26. The van der Waals surface area contributed by atoms with Gasteiger partial charge in [-0.05, 0) is 52.6 Å². The molecule has 0 fully saturated rings. The van der Waals surface area contributed by atoms with E-state index in [1.807, 2.05) is 24.3 Å². The summed E-state index contributed by atoms with van der Waals surface area (Å²) in [4.78, 5) is 23.3. The zero-order valence-electron chi connectivity index (χ0n) is 16.8. The number of hydrogen-bond acceptors (Lipinski definition) is 5. The molecule has 0 heterocycles. The Balaban J connectivity index is 2.22. The number of rotatable bonds is 2. The Bertz CT molecular complexity index is 1340. The number of carbonyl (C=O) groups excluding carboxylic acids is 2. The molecule has 0 atom stereocenters. The Morgan fingerprint density at radius 1 is 0.759 bits per heavy atom. The van der Waals surface area contributed by atoms with Gasteiger partial charge in [-0.1, -0.05) is 30.3 Å². The van der Waals surface area contributed by atoms with Crippen LogP contribution in [0.1, 0.15) is 25.0 Å². The molecule has 4 rings (SSSR count). The third-order valence-electron chi connectivity index (χ3n) is 5.26. The van der Waals surface area contributed by atoms with E-state index in [0.717, 1.165) is 32.7 Å². The topological polar surface area (TPSA) is 78.6 Å². The summed E-state index contributed by atoms with van der Waals surface area (Å²) in [5, 5.41) is 5.81. The van der Waals surface area contributed by atoms with Gasteiger partial charge in [0, 0.05) is 36.4 Å². The molecule has 0 bridgehead atoms. The maximum atomic E-state index is 11.7. The average Bonchev–Trinajstić information content (AvgIpc) is 2.67. The van der Waals surface area contributed by atoms with E-state index in [2.05, 4.69) is 26.0 Å². The predicted octanol–water partition coefficient (Wildman–Crippen LogP) is 5.20. The van der Waals surface area contributed by atoms with Gasteiger partial charge in [-0.2, -0.15) is 0 Å². The molecule has 0 aromatic heterocycles. The van der Waals surface area contributed by atoms with Gasteiger partial charge in [-0.25, -0.2) is 0 Å². The molecule has 5 nitrogen and oxygen atoms in total. The van der Waals surface area contributed by atoms with E-state index in [9.17, 15) is 9.59 Å². The van der Waals surface area contributed by atoms with Gasteiger partial charge in [-0.15, -0.1) is 0 Å². The molecule has 0 spiro atoms. The molecule has 0 unspecified atom stereocenters. The second-order valence-electron chi connectivity index (χ2n) is 7.19. The number of fused-ring (bicyclic) bond motifs is 4. The fourth-order valence-electron chi connectivity index (χ4n) is 4.10. The van der Waals surface area contributed by atoms with Crippen LogP contribution in [0.5, 0.6) is 11.5 Å². The molecule has 2 N–H and O–H groups in total. The fraction of sp³-hybridized carbons (Fsp3) is 0.167. The standard InChI is InChI=1S/C24H21NO4/c1-12-16-7-5-6-8-17(16)13(2)22-18(12)9-10-19-23(22)20(25)11-21(28-14(3)26)24(19)29-15(4)27/h5-11H,25H2,1-4H3. The average molecular weight is 387 g/mol. The first-order valence-corrected chi connectivity index (χ1v) is 9.33. The first-order valence-electron chi connectivity index (χ1n) is 9.33. The van der Waals surface area contributed by atoms with E-state index in [-0.39, 0.29) is 11.5 Å². The van der Waals surface area contributed by atoms with Crippen LogP contribution in [-0.2, 0) is 9.59 Å². The first-order chi connectivity index (χ1) is 13.8. The SMILES string of the molecule is CC(=O)Oc1cc(N)c2c(ccc3c(C)c4ccccc4c(C)c32)c1OC(C)=O. The number of benzene rings is 4. The highest BCUT2D eigenvalue weighted by molar-refractivity contribution is 6.21. The van der Waals surface area contributed by atoms with Gasteiger partial charge < -0.3 is 15.2 Å². The van der Waals surface area contributed by atoms with E-state index in [1.165, 1.54) is 19.2 Å². The highest BCUT2D eigenvalue weighted by Crippen LogP contribution is 2.45. The van der Waals surface area contributed by atoms with E-state index in [0.29, 0.717) is 11.1 Å². The summed E-state index contributed by atoms with van der Waals surface area (Å²) in [5.41, 5.74) is 9.13. The molecule has 0 aliphatic heterocycles. The normalized spacial score (nSPS) is 11.2. The van der Waals surface area contributed by atoms with Crippen LogP contribution >= 0.6 is 0 Å². The Morgan fingerprint density at radius 3 is 1.97 bits per heavy atom. The van der Waals surface area contributed by atoms with Crippen LogP contribution in [0.2, 0.25) is 0 Å². The highest BCUT2D eigenvalue weighted by atomic mass is 16.6. The Kier molecular flexibility index (Phi) is 4.38. The maximum Gasteiger partial charge on any atom is 0.308 e. The van der Waals surface area contributed by atoms with Crippen LogP contribution in [0.25, 0.3) is 32.3 Å². The second-order valence-corrected chi connectivity index (χ2v) is 7.19. The smallest absolute Gasteiger partial charge is 0.308 e. The van der Waals surface area contributed by atoms with Crippen molar-refractivity contribution in [2.45, 2.75) is 27.7 Å². The van der Waals surface area contributed by atoms with Crippen molar-refractivity contribution in [3.05, 3.63) is 53.6 Å². The monoisotopic (exact) mass is 387 g/mol. The lowest BCUT2D eigenvalue weighted by atomic mass is 9.89. The number of hydrogen-bond donors (Lipinski definition) is 1. The van der Waals surface area contributed by atoms with Crippen molar-refractivity contribution in [2.75, 3.05) is 5.73 Å². The zero-order chi connectivity index (χ0) is 20.9. The van der Waals surface area contributed by atoms with Crippen molar-refractivity contribution >= 4 is 49.9 Å². The zero-order valence-corrected chi connectivity index (χ0v) is 16.8. The van der Waals surface area contributed by atoms with Crippen LogP contribution in [0, 0.1) is 13.8 Å². The van der Waals surface area contributed by atoms with Crippen LogP contribution in [0.15, 0.2) is 42.5 Å². The molecule has 5 heteroatoms. The lowest BCUT2D eigenvalue weighted by molar-refractivity contribution is -0.134. The van der Waals surface area contributed by atoms with Gasteiger partial charge in [0.25, 0.3) is 0 Å². The minimum Gasteiger partial charge on any atom is -0.423 e. The van der Waals surface area contributed by atoms with Gasteiger partial charge in [0.2, 0.25) is 0 Å². The van der Waals surface area contributed by atoms with Crippen LogP contribution in [-0.4, -0.2) is 11.9 Å². The van der Waals surface area contributed by atoms with Gasteiger partial charge in [0.05, 0.1) is 0 Å². The molecular weight excluding hydrogens is 366 g/mol. The Hall–Kier alpha value is -3.60. The lowest BCUT2D eigenvalue weighted by Crippen LogP contribution is -2.08. The van der Waals surface area contributed by atoms with Crippen molar-refractivity contribution in [1.82, 2.24) is 0 Å².